The average molecular weight is 338 g/mol. The van der Waals surface area contributed by atoms with Gasteiger partial charge in [0.25, 0.3) is 0 Å². The molecule has 1 spiro atoms. The maximum absolute atomic E-state index is 12.6. The molecule has 3 heterocycles. The lowest BCUT2D eigenvalue weighted by Gasteiger charge is -2.47. The number of ether oxygens (including phenoxy) is 1. The Morgan fingerprint density at radius 2 is 2.09 bits per heavy atom. The van der Waals surface area contributed by atoms with Crippen molar-refractivity contribution in [3.8, 4) is 0 Å². The fraction of sp³-hybridized carbons (Fsp3) is 0.733. The van der Waals surface area contributed by atoms with Crippen LogP contribution in [-0.4, -0.2) is 66.3 Å². The van der Waals surface area contributed by atoms with Crippen LogP contribution in [0.3, 0.4) is 0 Å². The quantitative estimate of drug-likeness (QED) is 0.805. The minimum atomic E-state index is -3.14. The molecule has 126 valence electrons. The van der Waals surface area contributed by atoms with Gasteiger partial charge in [0.05, 0.1) is 23.7 Å². The molecule has 0 unspecified atom stereocenters. The molecule has 1 saturated carbocycles. The van der Waals surface area contributed by atoms with E-state index in [4.69, 9.17) is 4.74 Å². The third-order valence-corrected chi connectivity index (χ3v) is 7.28. The zero-order valence-corrected chi connectivity index (χ0v) is 13.9. The van der Waals surface area contributed by atoms with Gasteiger partial charge < -0.3 is 9.64 Å². The van der Waals surface area contributed by atoms with Gasteiger partial charge in [0.2, 0.25) is 10.0 Å². The van der Waals surface area contributed by atoms with Crippen molar-refractivity contribution in [2.45, 2.75) is 36.5 Å². The minimum Gasteiger partial charge on any atom is -0.370 e. The van der Waals surface area contributed by atoms with Crippen LogP contribution in [0.4, 0.5) is 5.82 Å². The fourth-order valence-electron chi connectivity index (χ4n) is 3.60. The van der Waals surface area contributed by atoms with Crippen molar-refractivity contribution in [1.29, 1.82) is 0 Å². The van der Waals surface area contributed by atoms with Crippen molar-refractivity contribution in [3.05, 3.63) is 18.6 Å². The summed E-state index contributed by atoms with van der Waals surface area (Å²) in [7, 11) is -3.14. The molecule has 1 aromatic rings. The molecule has 1 aromatic heterocycles. The zero-order chi connectivity index (χ0) is 15.9. The number of sulfonamides is 1. The maximum Gasteiger partial charge on any atom is 0.217 e. The lowest BCUT2D eigenvalue weighted by Crippen LogP contribution is -2.61. The van der Waals surface area contributed by atoms with Gasteiger partial charge in [-0.05, 0) is 25.7 Å². The number of nitrogens with zero attached hydrogens (tertiary/aromatic N) is 4. The molecule has 2 saturated heterocycles. The molecule has 1 aliphatic carbocycles. The summed E-state index contributed by atoms with van der Waals surface area (Å²) in [6.45, 7) is 2.98. The first kappa shape index (κ1) is 15.3. The molecule has 3 fully saturated rings. The van der Waals surface area contributed by atoms with Gasteiger partial charge in [-0.25, -0.2) is 13.4 Å². The van der Waals surface area contributed by atoms with Gasteiger partial charge in [-0.15, -0.1) is 0 Å². The standard InChI is InChI=1S/C15H22N4O3S/c20-23(21,13-2-3-13)19-8-9-22-15(12-19)4-1-7-18(11-15)14-10-16-5-6-17-14/h5-6,10,13H,1-4,7-9,11-12H2/t15-/m0/s1. The van der Waals surface area contributed by atoms with E-state index in [1.54, 1.807) is 22.9 Å². The highest BCUT2D eigenvalue weighted by Gasteiger charge is 2.47. The highest BCUT2D eigenvalue weighted by molar-refractivity contribution is 7.90. The molecule has 0 bridgehead atoms. The SMILES string of the molecule is O=S(=O)(C1CC1)N1CCO[C@]2(CCCN(c3cnccn3)C2)C1. The summed E-state index contributed by atoms with van der Waals surface area (Å²) < 4.78 is 32.9. The molecular weight excluding hydrogens is 316 g/mol. The van der Waals surface area contributed by atoms with E-state index in [-0.39, 0.29) is 5.25 Å². The molecule has 0 amide bonds. The molecular formula is C15H22N4O3S. The summed E-state index contributed by atoms with van der Waals surface area (Å²) in [5, 5.41) is -0.155. The minimum absolute atomic E-state index is 0.155. The Morgan fingerprint density at radius 1 is 1.22 bits per heavy atom. The predicted octanol–water partition coefficient (Wildman–Crippen LogP) is 0.640. The number of aromatic nitrogens is 2. The van der Waals surface area contributed by atoms with Gasteiger partial charge in [0, 0.05) is 38.6 Å². The largest absolute Gasteiger partial charge is 0.370 e. The number of rotatable bonds is 3. The van der Waals surface area contributed by atoms with Gasteiger partial charge in [0.1, 0.15) is 5.82 Å². The molecule has 0 radical (unpaired) electrons. The Morgan fingerprint density at radius 3 is 2.83 bits per heavy atom. The van der Waals surface area contributed by atoms with Crippen LogP contribution in [0.2, 0.25) is 0 Å². The van der Waals surface area contributed by atoms with Crippen molar-refractivity contribution >= 4 is 15.8 Å². The van der Waals surface area contributed by atoms with Crippen molar-refractivity contribution in [2.24, 2.45) is 0 Å². The van der Waals surface area contributed by atoms with Crippen molar-refractivity contribution in [1.82, 2.24) is 14.3 Å². The van der Waals surface area contributed by atoms with E-state index >= 15 is 0 Å². The van der Waals surface area contributed by atoms with E-state index in [0.29, 0.717) is 26.2 Å². The van der Waals surface area contributed by atoms with Gasteiger partial charge in [0.15, 0.2) is 0 Å². The lowest BCUT2D eigenvalue weighted by atomic mass is 9.91. The second-order valence-corrected chi connectivity index (χ2v) is 8.91. The summed E-state index contributed by atoms with van der Waals surface area (Å²) in [5.74, 6) is 0.831. The van der Waals surface area contributed by atoms with Crippen LogP contribution in [0.15, 0.2) is 18.6 Å². The van der Waals surface area contributed by atoms with Crippen LogP contribution in [0.25, 0.3) is 0 Å². The van der Waals surface area contributed by atoms with Crippen LogP contribution < -0.4 is 4.90 Å². The first-order valence-electron chi connectivity index (χ1n) is 8.23. The number of anilines is 1. The van der Waals surface area contributed by atoms with E-state index in [9.17, 15) is 8.42 Å². The summed E-state index contributed by atoms with van der Waals surface area (Å²) in [6.07, 6.45) is 8.55. The average Bonchev–Trinajstić information content (AvgIpc) is 3.41. The predicted molar refractivity (Wildman–Crippen MR) is 85.7 cm³/mol. The smallest absolute Gasteiger partial charge is 0.217 e. The summed E-state index contributed by atoms with van der Waals surface area (Å²) in [5.41, 5.74) is -0.421. The second kappa shape index (κ2) is 5.68. The fourth-order valence-corrected chi connectivity index (χ4v) is 5.50. The van der Waals surface area contributed by atoms with Gasteiger partial charge >= 0.3 is 0 Å². The monoisotopic (exact) mass is 338 g/mol. The Balaban J connectivity index is 1.53. The summed E-state index contributed by atoms with van der Waals surface area (Å²) in [6, 6.07) is 0. The number of piperidine rings is 1. The van der Waals surface area contributed by atoms with E-state index in [0.717, 1.165) is 38.0 Å². The van der Waals surface area contributed by atoms with Crippen LogP contribution in [0.5, 0.6) is 0 Å². The van der Waals surface area contributed by atoms with Crippen LogP contribution >= 0.6 is 0 Å². The van der Waals surface area contributed by atoms with E-state index in [1.807, 2.05) is 0 Å². The highest BCUT2D eigenvalue weighted by Crippen LogP contribution is 2.36. The lowest BCUT2D eigenvalue weighted by molar-refractivity contribution is -0.0951. The first-order chi connectivity index (χ1) is 11.1. The van der Waals surface area contributed by atoms with Crippen LogP contribution in [0, 0.1) is 0 Å². The normalized spacial score (nSPS) is 29.8. The van der Waals surface area contributed by atoms with Crippen molar-refractivity contribution in [2.75, 3.05) is 37.7 Å². The third kappa shape index (κ3) is 2.95. The second-order valence-electron chi connectivity index (χ2n) is 6.70. The van der Waals surface area contributed by atoms with Gasteiger partial charge in [-0.3, -0.25) is 4.98 Å². The van der Waals surface area contributed by atoms with Crippen molar-refractivity contribution < 1.29 is 13.2 Å². The molecule has 1 atom stereocenters. The van der Waals surface area contributed by atoms with Gasteiger partial charge in [-0.2, -0.15) is 4.31 Å². The highest BCUT2D eigenvalue weighted by atomic mass is 32.2. The zero-order valence-electron chi connectivity index (χ0n) is 13.1. The maximum atomic E-state index is 12.6. The van der Waals surface area contributed by atoms with Gasteiger partial charge in [-0.1, -0.05) is 0 Å². The van der Waals surface area contributed by atoms with E-state index in [2.05, 4.69) is 14.9 Å². The molecule has 0 N–H and O–H groups in total. The van der Waals surface area contributed by atoms with E-state index in [1.165, 1.54) is 0 Å². The molecule has 7 nitrogen and oxygen atoms in total. The summed E-state index contributed by atoms with van der Waals surface area (Å²) >= 11 is 0. The third-order valence-electron chi connectivity index (χ3n) is 4.93. The Hall–Kier alpha value is -1.25. The molecule has 8 heteroatoms. The molecule has 0 aromatic carbocycles. The molecule has 23 heavy (non-hydrogen) atoms. The Bertz CT molecular complexity index is 661. The number of hydrogen-bond acceptors (Lipinski definition) is 6. The Kier molecular flexibility index (Phi) is 3.78. The van der Waals surface area contributed by atoms with E-state index < -0.39 is 15.6 Å². The van der Waals surface area contributed by atoms with Crippen LogP contribution in [0.1, 0.15) is 25.7 Å². The molecule has 3 aliphatic rings. The number of morpholine rings is 1. The topological polar surface area (TPSA) is 75.6 Å². The molecule has 4 rings (SSSR count). The van der Waals surface area contributed by atoms with Crippen molar-refractivity contribution in [3.63, 3.8) is 0 Å². The van der Waals surface area contributed by atoms with Crippen LogP contribution in [-0.2, 0) is 14.8 Å². The molecule has 2 aliphatic heterocycles. The number of hydrogen-bond donors (Lipinski definition) is 0. The first-order valence-corrected chi connectivity index (χ1v) is 9.73. The Labute approximate surface area is 136 Å². The summed E-state index contributed by atoms with van der Waals surface area (Å²) in [4.78, 5) is 10.6.